The Labute approximate surface area is 125 Å². The SMILES string of the molecule is CCOC1CC(N)(C(=O)Nc2ccc(OC)nc2)C1(C)C. The van der Waals surface area contributed by atoms with Gasteiger partial charge in [-0.05, 0) is 13.0 Å². The lowest BCUT2D eigenvalue weighted by Gasteiger charge is -2.57. The number of pyridine rings is 1. The molecule has 0 radical (unpaired) electrons. The fraction of sp³-hybridized carbons (Fsp3) is 0.600. The first kappa shape index (κ1) is 15.7. The number of amides is 1. The number of methoxy groups -OCH3 is 1. The van der Waals surface area contributed by atoms with Crippen molar-refractivity contribution in [3.05, 3.63) is 18.3 Å². The van der Waals surface area contributed by atoms with Gasteiger partial charge in [0.05, 0.1) is 25.1 Å². The lowest BCUT2D eigenvalue weighted by atomic mass is 9.54. The number of carbonyl (C=O) groups is 1. The van der Waals surface area contributed by atoms with Gasteiger partial charge in [0.2, 0.25) is 11.8 Å². The van der Waals surface area contributed by atoms with Gasteiger partial charge >= 0.3 is 0 Å². The van der Waals surface area contributed by atoms with Gasteiger partial charge in [0.1, 0.15) is 5.54 Å². The van der Waals surface area contributed by atoms with Crippen LogP contribution >= 0.6 is 0 Å². The van der Waals surface area contributed by atoms with Crippen LogP contribution in [0.4, 0.5) is 5.69 Å². The van der Waals surface area contributed by atoms with Crippen molar-refractivity contribution in [3.63, 3.8) is 0 Å². The van der Waals surface area contributed by atoms with Crippen LogP contribution in [-0.4, -0.2) is 36.3 Å². The lowest BCUT2D eigenvalue weighted by Crippen LogP contribution is -2.74. The van der Waals surface area contributed by atoms with Gasteiger partial charge in [-0.25, -0.2) is 4.98 Å². The molecule has 6 nitrogen and oxygen atoms in total. The summed E-state index contributed by atoms with van der Waals surface area (Å²) in [5.41, 5.74) is 5.56. The predicted molar refractivity (Wildman–Crippen MR) is 80.1 cm³/mol. The maximum Gasteiger partial charge on any atom is 0.245 e. The molecule has 1 fully saturated rings. The van der Waals surface area contributed by atoms with E-state index in [4.69, 9.17) is 15.2 Å². The highest BCUT2D eigenvalue weighted by atomic mass is 16.5. The molecule has 1 aromatic rings. The Hall–Kier alpha value is -1.66. The summed E-state index contributed by atoms with van der Waals surface area (Å²) in [5, 5.41) is 2.82. The fourth-order valence-corrected chi connectivity index (χ4v) is 2.64. The van der Waals surface area contributed by atoms with Crippen LogP contribution in [0.3, 0.4) is 0 Å². The number of ether oxygens (including phenoxy) is 2. The molecule has 0 saturated heterocycles. The van der Waals surface area contributed by atoms with Crippen LogP contribution in [0.15, 0.2) is 18.3 Å². The first-order valence-electron chi connectivity index (χ1n) is 7.07. The average molecular weight is 293 g/mol. The van der Waals surface area contributed by atoms with Crippen LogP contribution in [0.2, 0.25) is 0 Å². The summed E-state index contributed by atoms with van der Waals surface area (Å²) in [6.45, 7) is 6.48. The Bertz CT molecular complexity index is 515. The number of nitrogens with two attached hydrogens (primary N) is 1. The van der Waals surface area contributed by atoms with Crippen molar-refractivity contribution in [2.45, 2.75) is 38.8 Å². The monoisotopic (exact) mass is 293 g/mol. The minimum atomic E-state index is -0.938. The van der Waals surface area contributed by atoms with Crippen molar-refractivity contribution >= 4 is 11.6 Å². The van der Waals surface area contributed by atoms with Gasteiger partial charge in [-0.1, -0.05) is 13.8 Å². The number of carbonyl (C=O) groups excluding carboxylic acids is 1. The van der Waals surface area contributed by atoms with Crippen molar-refractivity contribution in [1.29, 1.82) is 0 Å². The summed E-state index contributed by atoms with van der Waals surface area (Å²) in [5.74, 6) is 0.284. The third-order valence-electron chi connectivity index (χ3n) is 4.44. The van der Waals surface area contributed by atoms with E-state index >= 15 is 0 Å². The minimum absolute atomic E-state index is 0.00671. The summed E-state index contributed by atoms with van der Waals surface area (Å²) < 4.78 is 10.6. The number of rotatable bonds is 5. The second-order valence-electron chi connectivity index (χ2n) is 5.88. The van der Waals surface area contributed by atoms with E-state index in [9.17, 15) is 4.79 Å². The number of anilines is 1. The molecule has 2 atom stereocenters. The van der Waals surface area contributed by atoms with Crippen molar-refractivity contribution in [2.75, 3.05) is 19.0 Å². The molecule has 0 aromatic carbocycles. The number of nitrogens with zero attached hydrogens (tertiary/aromatic N) is 1. The Morgan fingerprint density at radius 2 is 2.24 bits per heavy atom. The van der Waals surface area contributed by atoms with Gasteiger partial charge in [-0.2, -0.15) is 0 Å². The molecule has 116 valence electrons. The van der Waals surface area contributed by atoms with E-state index in [0.717, 1.165) is 0 Å². The number of aromatic nitrogens is 1. The van der Waals surface area contributed by atoms with Crippen LogP contribution in [0.25, 0.3) is 0 Å². The summed E-state index contributed by atoms with van der Waals surface area (Å²) in [7, 11) is 1.54. The van der Waals surface area contributed by atoms with Crippen LogP contribution in [0.5, 0.6) is 5.88 Å². The molecule has 0 aliphatic heterocycles. The van der Waals surface area contributed by atoms with Gasteiger partial charge in [0, 0.05) is 24.5 Å². The second kappa shape index (κ2) is 5.61. The molecular formula is C15H23N3O3. The van der Waals surface area contributed by atoms with E-state index in [1.54, 1.807) is 25.4 Å². The average Bonchev–Trinajstić information content (AvgIpc) is 2.47. The summed E-state index contributed by atoms with van der Waals surface area (Å²) >= 11 is 0. The molecule has 6 heteroatoms. The molecule has 1 aliphatic rings. The Balaban J connectivity index is 2.06. The molecule has 21 heavy (non-hydrogen) atoms. The summed E-state index contributed by atoms with van der Waals surface area (Å²) in [6, 6.07) is 3.42. The summed E-state index contributed by atoms with van der Waals surface area (Å²) in [6.07, 6.45) is 2.07. The van der Waals surface area contributed by atoms with E-state index in [-0.39, 0.29) is 12.0 Å². The molecule has 1 heterocycles. The van der Waals surface area contributed by atoms with Gasteiger partial charge < -0.3 is 20.5 Å². The van der Waals surface area contributed by atoms with Crippen LogP contribution in [0.1, 0.15) is 27.2 Å². The van der Waals surface area contributed by atoms with Gasteiger partial charge in [0.15, 0.2) is 0 Å². The Kier molecular flexibility index (Phi) is 4.20. The van der Waals surface area contributed by atoms with Crippen molar-refractivity contribution in [2.24, 2.45) is 11.1 Å². The van der Waals surface area contributed by atoms with Crippen molar-refractivity contribution < 1.29 is 14.3 Å². The van der Waals surface area contributed by atoms with Gasteiger partial charge in [0.25, 0.3) is 0 Å². The zero-order valence-electron chi connectivity index (χ0n) is 13.0. The molecule has 1 aliphatic carbocycles. The van der Waals surface area contributed by atoms with E-state index < -0.39 is 11.0 Å². The second-order valence-corrected chi connectivity index (χ2v) is 5.88. The Morgan fingerprint density at radius 3 is 2.71 bits per heavy atom. The maximum atomic E-state index is 12.5. The van der Waals surface area contributed by atoms with Crippen LogP contribution in [0, 0.1) is 5.41 Å². The van der Waals surface area contributed by atoms with Crippen LogP contribution < -0.4 is 15.8 Å². The standard InChI is InChI=1S/C15H23N3O3/c1-5-21-11-8-15(16,14(11,2)3)13(19)18-10-6-7-12(20-4)17-9-10/h6-7,9,11H,5,8,16H2,1-4H3,(H,18,19). The van der Waals surface area contributed by atoms with Gasteiger partial charge in [-0.3, -0.25) is 4.79 Å². The molecular weight excluding hydrogens is 270 g/mol. The zero-order valence-corrected chi connectivity index (χ0v) is 13.0. The molecule has 3 N–H and O–H groups in total. The molecule has 2 rings (SSSR count). The quantitative estimate of drug-likeness (QED) is 0.860. The number of hydrogen-bond acceptors (Lipinski definition) is 5. The minimum Gasteiger partial charge on any atom is -0.481 e. The van der Waals surface area contributed by atoms with Crippen LogP contribution in [-0.2, 0) is 9.53 Å². The first-order valence-corrected chi connectivity index (χ1v) is 7.07. The highest BCUT2D eigenvalue weighted by Gasteiger charge is 2.62. The third-order valence-corrected chi connectivity index (χ3v) is 4.44. The molecule has 0 spiro atoms. The molecule has 1 amide bonds. The molecule has 0 bridgehead atoms. The molecule has 2 unspecified atom stereocenters. The number of hydrogen-bond donors (Lipinski definition) is 2. The fourth-order valence-electron chi connectivity index (χ4n) is 2.64. The van der Waals surface area contributed by atoms with E-state index in [1.807, 2.05) is 20.8 Å². The van der Waals surface area contributed by atoms with Crippen molar-refractivity contribution in [1.82, 2.24) is 4.98 Å². The predicted octanol–water partition coefficient (Wildman–Crippen LogP) is 1.56. The zero-order chi connectivity index (χ0) is 15.7. The molecule has 1 saturated carbocycles. The van der Waals surface area contributed by atoms with E-state index in [0.29, 0.717) is 24.6 Å². The Morgan fingerprint density at radius 1 is 1.52 bits per heavy atom. The first-order chi connectivity index (χ1) is 9.85. The highest BCUT2D eigenvalue weighted by molar-refractivity contribution is 5.99. The van der Waals surface area contributed by atoms with E-state index in [1.165, 1.54) is 0 Å². The van der Waals surface area contributed by atoms with Crippen molar-refractivity contribution in [3.8, 4) is 5.88 Å². The third kappa shape index (κ3) is 2.61. The largest absolute Gasteiger partial charge is 0.481 e. The topological polar surface area (TPSA) is 86.5 Å². The smallest absolute Gasteiger partial charge is 0.245 e. The normalized spacial score (nSPS) is 26.8. The maximum absolute atomic E-state index is 12.5. The molecule has 1 aromatic heterocycles. The highest BCUT2D eigenvalue weighted by Crippen LogP contribution is 2.50. The lowest BCUT2D eigenvalue weighted by molar-refractivity contribution is -0.166. The van der Waals surface area contributed by atoms with E-state index in [2.05, 4.69) is 10.3 Å². The number of nitrogens with one attached hydrogen (secondary N) is 1. The van der Waals surface area contributed by atoms with Gasteiger partial charge in [-0.15, -0.1) is 0 Å². The summed E-state index contributed by atoms with van der Waals surface area (Å²) in [4.78, 5) is 16.5.